The van der Waals surface area contributed by atoms with Gasteiger partial charge in [-0.1, -0.05) is 6.07 Å². The van der Waals surface area contributed by atoms with E-state index in [-0.39, 0.29) is 6.42 Å². The van der Waals surface area contributed by atoms with Crippen LogP contribution in [-0.4, -0.2) is 52.8 Å². The molecule has 24 heavy (non-hydrogen) atoms. The van der Waals surface area contributed by atoms with Crippen LogP contribution in [0.4, 0.5) is 10.2 Å². The van der Waals surface area contributed by atoms with Crippen LogP contribution in [0.5, 0.6) is 0 Å². The molecule has 0 radical (unpaired) electrons. The van der Waals surface area contributed by atoms with Crippen molar-refractivity contribution in [3.63, 3.8) is 0 Å². The summed E-state index contributed by atoms with van der Waals surface area (Å²) in [6.45, 7) is 2.76. The SMILES string of the molecule is O=C(O)CCCN1CC[C@@](F)(CCc2ccc3c(n2)NCCC3)C1. The lowest BCUT2D eigenvalue weighted by Crippen LogP contribution is -2.30. The number of aliphatic carboxylic acids is 1. The first-order valence-corrected chi connectivity index (χ1v) is 8.90. The minimum absolute atomic E-state index is 0.155. The van der Waals surface area contributed by atoms with Crippen molar-refractivity contribution in [1.82, 2.24) is 9.88 Å². The average Bonchev–Trinajstić information content (AvgIpc) is 2.94. The van der Waals surface area contributed by atoms with Crippen LogP contribution in [0.1, 0.15) is 43.4 Å². The van der Waals surface area contributed by atoms with E-state index in [4.69, 9.17) is 5.11 Å². The van der Waals surface area contributed by atoms with Crippen LogP contribution in [0.15, 0.2) is 12.1 Å². The molecule has 2 N–H and O–H groups in total. The number of likely N-dealkylation sites (tertiary alicyclic amines) is 1. The van der Waals surface area contributed by atoms with Crippen molar-refractivity contribution in [3.8, 4) is 0 Å². The lowest BCUT2D eigenvalue weighted by atomic mass is 9.97. The number of hydrogen-bond acceptors (Lipinski definition) is 4. The summed E-state index contributed by atoms with van der Waals surface area (Å²) >= 11 is 0. The second-order valence-corrected chi connectivity index (χ2v) is 7.01. The zero-order chi connectivity index (χ0) is 17.0. The van der Waals surface area contributed by atoms with Crippen LogP contribution in [0.2, 0.25) is 0 Å². The molecule has 1 aromatic rings. The van der Waals surface area contributed by atoms with Gasteiger partial charge in [0.2, 0.25) is 0 Å². The maximum Gasteiger partial charge on any atom is 0.303 e. The third kappa shape index (κ3) is 4.44. The zero-order valence-electron chi connectivity index (χ0n) is 14.1. The van der Waals surface area contributed by atoms with E-state index in [1.807, 2.05) is 11.0 Å². The Labute approximate surface area is 142 Å². The molecule has 2 aliphatic heterocycles. The molecule has 5 nitrogen and oxygen atoms in total. The molecule has 1 fully saturated rings. The van der Waals surface area contributed by atoms with Gasteiger partial charge in [0.05, 0.1) is 0 Å². The van der Waals surface area contributed by atoms with Gasteiger partial charge in [0.25, 0.3) is 0 Å². The number of nitrogens with zero attached hydrogens (tertiary/aromatic N) is 2. The molecule has 0 spiro atoms. The monoisotopic (exact) mass is 335 g/mol. The number of rotatable bonds is 7. The second kappa shape index (κ2) is 7.47. The number of carboxylic acid groups (broad SMARTS) is 1. The number of carboxylic acids is 1. The van der Waals surface area contributed by atoms with E-state index in [0.717, 1.165) is 37.4 Å². The largest absolute Gasteiger partial charge is 0.481 e. The fourth-order valence-electron chi connectivity index (χ4n) is 3.63. The first-order chi connectivity index (χ1) is 11.5. The van der Waals surface area contributed by atoms with E-state index < -0.39 is 11.6 Å². The van der Waals surface area contributed by atoms with E-state index in [9.17, 15) is 9.18 Å². The molecule has 6 heteroatoms. The number of halogens is 1. The van der Waals surface area contributed by atoms with Crippen molar-refractivity contribution in [2.24, 2.45) is 0 Å². The summed E-state index contributed by atoms with van der Waals surface area (Å²) in [5.74, 6) is 0.182. The first-order valence-electron chi connectivity index (χ1n) is 8.90. The Morgan fingerprint density at radius 3 is 3.17 bits per heavy atom. The molecule has 3 rings (SSSR count). The quantitative estimate of drug-likeness (QED) is 0.802. The van der Waals surface area contributed by atoms with Crippen molar-refractivity contribution in [3.05, 3.63) is 23.4 Å². The Hall–Kier alpha value is -1.69. The number of hydrogen-bond donors (Lipinski definition) is 2. The topological polar surface area (TPSA) is 65.5 Å². The van der Waals surface area contributed by atoms with E-state index >= 15 is 0 Å². The fourth-order valence-corrected chi connectivity index (χ4v) is 3.63. The predicted octanol–water partition coefficient (Wildman–Crippen LogP) is 2.65. The summed E-state index contributed by atoms with van der Waals surface area (Å²) in [6, 6.07) is 4.14. The van der Waals surface area contributed by atoms with E-state index in [1.165, 1.54) is 5.56 Å². The third-order valence-electron chi connectivity index (χ3n) is 5.03. The van der Waals surface area contributed by atoms with Crippen LogP contribution < -0.4 is 5.32 Å². The van der Waals surface area contributed by atoms with Crippen molar-refractivity contribution >= 4 is 11.8 Å². The number of aryl methyl sites for hydroxylation is 2. The first kappa shape index (κ1) is 17.1. The Bertz CT molecular complexity index is 596. The highest BCUT2D eigenvalue weighted by molar-refractivity contribution is 5.66. The van der Waals surface area contributed by atoms with Crippen LogP contribution in [0.25, 0.3) is 0 Å². The number of pyridine rings is 1. The lowest BCUT2D eigenvalue weighted by Gasteiger charge is -2.21. The lowest BCUT2D eigenvalue weighted by molar-refractivity contribution is -0.137. The Balaban J connectivity index is 1.48. The number of alkyl halides is 1. The normalized spacial score (nSPS) is 23.7. The van der Waals surface area contributed by atoms with Gasteiger partial charge in [0.15, 0.2) is 0 Å². The predicted molar refractivity (Wildman–Crippen MR) is 91.1 cm³/mol. The van der Waals surface area contributed by atoms with Crippen molar-refractivity contribution in [2.45, 2.75) is 50.6 Å². The van der Waals surface area contributed by atoms with Crippen LogP contribution in [0, 0.1) is 0 Å². The summed E-state index contributed by atoms with van der Waals surface area (Å²) in [4.78, 5) is 17.2. The summed E-state index contributed by atoms with van der Waals surface area (Å²) in [6.07, 6.45) is 4.60. The molecule has 0 amide bonds. The minimum Gasteiger partial charge on any atom is -0.481 e. The van der Waals surface area contributed by atoms with Crippen molar-refractivity contribution in [2.75, 3.05) is 31.5 Å². The van der Waals surface area contributed by atoms with Crippen LogP contribution in [0.3, 0.4) is 0 Å². The number of fused-ring (bicyclic) bond motifs is 1. The molecule has 0 saturated carbocycles. The summed E-state index contributed by atoms with van der Waals surface area (Å²) in [5, 5.41) is 12.0. The van der Waals surface area contributed by atoms with Crippen molar-refractivity contribution < 1.29 is 14.3 Å². The maximum atomic E-state index is 15.0. The van der Waals surface area contributed by atoms with Gasteiger partial charge in [-0.2, -0.15) is 0 Å². The standard InChI is InChI=1S/C18H26FN3O2/c19-18(9-12-22(13-18)11-2-4-16(23)24)8-7-15-6-5-14-3-1-10-20-17(14)21-15/h5-6H,1-4,7-13H2,(H,20,21)(H,23,24)/t18-/m0/s1. The molecule has 0 aromatic carbocycles. The number of carbonyl (C=O) groups is 1. The van der Waals surface area contributed by atoms with Gasteiger partial charge in [-0.15, -0.1) is 0 Å². The fraction of sp³-hybridized carbons (Fsp3) is 0.667. The van der Waals surface area contributed by atoms with Crippen LogP contribution in [-0.2, 0) is 17.6 Å². The molecular weight excluding hydrogens is 309 g/mol. The van der Waals surface area contributed by atoms with E-state index in [1.54, 1.807) is 0 Å². The highest BCUT2D eigenvalue weighted by Gasteiger charge is 2.37. The van der Waals surface area contributed by atoms with Gasteiger partial charge in [-0.25, -0.2) is 9.37 Å². The van der Waals surface area contributed by atoms with Gasteiger partial charge in [0.1, 0.15) is 11.5 Å². The average molecular weight is 335 g/mol. The van der Waals surface area contributed by atoms with Gasteiger partial charge < -0.3 is 15.3 Å². The molecule has 0 bridgehead atoms. The van der Waals surface area contributed by atoms with Gasteiger partial charge in [-0.3, -0.25) is 4.79 Å². The molecule has 132 valence electrons. The highest BCUT2D eigenvalue weighted by Crippen LogP contribution is 2.31. The smallest absolute Gasteiger partial charge is 0.303 e. The zero-order valence-corrected chi connectivity index (χ0v) is 14.1. The summed E-state index contributed by atoms with van der Waals surface area (Å²) in [7, 11) is 0. The number of aromatic nitrogens is 1. The molecule has 2 aliphatic rings. The van der Waals surface area contributed by atoms with Crippen LogP contribution >= 0.6 is 0 Å². The molecule has 1 atom stereocenters. The molecule has 1 aromatic heterocycles. The second-order valence-electron chi connectivity index (χ2n) is 7.01. The molecular formula is C18H26FN3O2. The third-order valence-corrected chi connectivity index (χ3v) is 5.03. The maximum absolute atomic E-state index is 15.0. The van der Waals surface area contributed by atoms with Gasteiger partial charge in [0, 0.05) is 31.7 Å². The van der Waals surface area contributed by atoms with Gasteiger partial charge >= 0.3 is 5.97 Å². The molecule has 0 aliphatic carbocycles. The number of anilines is 1. The molecule has 3 heterocycles. The number of nitrogens with one attached hydrogen (secondary N) is 1. The van der Waals surface area contributed by atoms with Gasteiger partial charge in [-0.05, 0) is 56.7 Å². The molecule has 1 saturated heterocycles. The molecule has 0 unspecified atom stereocenters. The Kier molecular flexibility index (Phi) is 5.33. The van der Waals surface area contributed by atoms with Crippen molar-refractivity contribution in [1.29, 1.82) is 0 Å². The summed E-state index contributed by atoms with van der Waals surface area (Å²) in [5.41, 5.74) is 1.03. The van der Waals surface area contributed by atoms with E-state index in [2.05, 4.69) is 16.4 Å². The Morgan fingerprint density at radius 2 is 2.33 bits per heavy atom. The summed E-state index contributed by atoms with van der Waals surface area (Å²) < 4.78 is 15.0. The Morgan fingerprint density at radius 1 is 1.46 bits per heavy atom. The highest BCUT2D eigenvalue weighted by atomic mass is 19.1. The minimum atomic E-state index is -1.17. The van der Waals surface area contributed by atoms with E-state index in [0.29, 0.717) is 38.8 Å².